The first kappa shape index (κ1) is 14.5. The molecule has 0 saturated carbocycles. The van der Waals surface area contributed by atoms with E-state index in [0.717, 1.165) is 25.4 Å². The Labute approximate surface area is 129 Å². The van der Waals surface area contributed by atoms with Crippen molar-refractivity contribution in [2.24, 2.45) is 0 Å². The van der Waals surface area contributed by atoms with Gasteiger partial charge in [0.1, 0.15) is 25.0 Å². The van der Waals surface area contributed by atoms with Crippen LogP contribution in [0.15, 0.2) is 36.9 Å². The number of hydrogen-bond acceptors (Lipinski definition) is 5. The molecule has 0 unspecified atom stereocenters. The molecule has 0 N–H and O–H groups in total. The molecular weight excluding hydrogens is 278 g/mol. The van der Waals surface area contributed by atoms with Crippen molar-refractivity contribution in [3.8, 4) is 11.8 Å². The minimum Gasteiger partial charge on any atom is -0.492 e. The Morgan fingerprint density at radius 2 is 2.36 bits per heavy atom. The molecule has 0 amide bonds. The molecule has 1 saturated heterocycles. The number of hydrogen-bond donors (Lipinski definition) is 0. The molecule has 1 aromatic carbocycles. The first-order valence-corrected chi connectivity index (χ1v) is 7.54. The maximum absolute atomic E-state index is 8.89. The second-order valence-electron chi connectivity index (χ2n) is 5.44. The summed E-state index contributed by atoms with van der Waals surface area (Å²) in [6.07, 6.45) is 5.73. The quantitative estimate of drug-likeness (QED) is 0.811. The summed E-state index contributed by atoms with van der Waals surface area (Å²) in [6.45, 7) is 3.49. The fourth-order valence-corrected chi connectivity index (χ4v) is 2.88. The third-order valence-electron chi connectivity index (χ3n) is 3.97. The van der Waals surface area contributed by atoms with E-state index >= 15 is 0 Å². The monoisotopic (exact) mass is 297 g/mol. The lowest BCUT2D eigenvalue weighted by Gasteiger charge is -2.24. The van der Waals surface area contributed by atoms with Crippen LogP contribution in [0.25, 0.3) is 0 Å². The van der Waals surface area contributed by atoms with Gasteiger partial charge in [0.2, 0.25) is 0 Å². The predicted octanol–water partition coefficient (Wildman–Crippen LogP) is 1.69. The van der Waals surface area contributed by atoms with Crippen LogP contribution < -0.4 is 4.74 Å². The van der Waals surface area contributed by atoms with E-state index in [4.69, 9.17) is 10.00 Å². The van der Waals surface area contributed by atoms with Crippen LogP contribution in [-0.4, -0.2) is 45.4 Å². The second kappa shape index (κ2) is 7.05. The van der Waals surface area contributed by atoms with E-state index in [1.165, 1.54) is 12.8 Å². The minimum atomic E-state index is 0.496. The Morgan fingerprint density at radius 3 is 3.18 bits per heavy atom. The summed E-state index contributed by atoms with van der Waals surface area (Å²) >= 11 is 0. The van der Waals surface area contributed by atoms with Crippen LogP contribution >= 0.6 is 0 Å². The minimum absolute atomic E-state index is 0.496. The van der Waals surface area contributed by atoms with E-state index in [1.54, 1.807) is 24.8 Å². The number of benzene rings is 1. The molecule has 0 bridgehead atoms. The standard InChI is InChI=1S/C16H19N5O/c17-10-14-3-1-5-16(9-14)22-8-7-20-6-2-4-15(20)11-21-13-18-12-19-21/h1,3,5,9,12-13,15H,2,4,6-8,11H2/t15-/m0/s1. The van der Waals surface area contributed by atoms with Crippen LogP contribution in [0.5, 0.6) is 5.75 Å². The Hall–Kier alpha value is -2.39. The van der Waals surface area contributed by atoms with Crippen molar-refractivity contribution in [3.63, 3.8) is 0 Å². The zero-order valence-corrected chi connectivity index (χ0v) is 12.4. The number of aromatic nitrogens is 3. The van der Waals surface area contributed by atoms with Crippen LogP contribution in [0.3, 0.4) is 0 Å². The highest BCUT2D eigenvalue weighted by Crippen LogP contribution is 2.18. The Balaban J connectivity index is 1.49. The van der Waals surface area contributed by atoms with Crippen LogP contribution in [0.1, 0.15) is 18.4 Å². The van der Waals surface area contributed by atoms with Crippen molar-refractivity contribution in [1.82, 2.24) is 19.7 Å². The Kier molecular flexibility index (Phi) is 4.66. The van der Waals surface area contributed by atoms with Crippen LogP contribution in [0, 0.1) is 11.3 Å². The van der Waals surface area contributed by atoms with Crippen molar-refractivity contribution >= 4 is 0 Å². The van der Waals surface area contributed by atoms with Crippen molar-refractivity contribution in [2.75, 3.05) is 19.7 Å². The maximum atomic E-state index is 8.89. The fraction of sp³-hybridized carbons (Fsp3) is 0.438. The van der Waals surface area contributed by atoms with Gasteiger partial charge in [0, 0.05) is 12.6 Å². The molecule has 1 fully saturated rings. The summed E-state index contributed by atoms with van der Waals surface area (Å²) in [5.74, 6) is 0.756. The molecule has 3 rings (SSSR count). The molecule has 2 heterocycles. The number of likely N-dealkylation sites (tertiary alicyclic amines) is 1. The Bertz CT molecular complexity index is 634. The summed E-state index contributed by atoms with van der Waals surface area (Å²) in [4.78, 5) is 6.43. The third-order valence-corrected chi connectivity index (χ3v) is 3.97. The first-order chi connectivity index (χ1) is 10.8. The molecule has 2 aromatic rings. The van der Waals surface area contributed by atoms with Gasteiger partial charge in [-0.05, 0) is 37.6 Å². The third kappa shape index (κ3) is 3.62. The first-order valence-electron chi connectivity index (χ1n) is 7.54. The number of ether oxygens (including phenoxy) is 1. The highest BCUT2D eigenvalue weighted by atomic mass is 16.5. The van der Waals surface area contributed by atoms with Gasteiger partial charge in [-0.25, -0.2) is 4.98 Å². The molecule has 1 atom stereocenters. The summed E-state index contributed by atoms with van der Waals surface area (Å²) in [7, 11) is 0. The molecule has 1 aliphatic heterocycles. The van der Waals surface area contributed by atoms with Crippen LogP contribution in [0.2, 0.25) is 0 Å². The molecule has 6 heteroatoms. The fourth-order valence-electron chi connectivity index (χ4n) is 2.88. The molecule has 22 heavy (non-hydrogen) atoms. The van der Waals surface area contributed by atoms with E-state index in [-0.39, 0.29) is 0 Å². The summed E-state index contributed by atoms with van der Waals surface area (Å²) in [5, 5.41) is 13.1. The largest absolute Gasteiger partial charge is 0.492 e. The zero-order valence-electron chi connectivity index (χ0n) is 12.4. The lowest BCUT2D eigenvalue weighted by molar-refractivity contribution is 0.182. The lowest BCUT2D eigenvalue weighted by Crippen LogP contribution is -2.36. The predicted molar refractivity (Wildman–Crippen MR) is 81.3 cm³/mol. The van der Waals surface area contributed by atoms with Gasteiger partial charge >= 0.3 is 0 Å². The molecule has 0 radical (unpaired) electrons. The van der Waals surface area contributed by atoms with Gasteiger partial charge < -0.3 is 4.74 Å². The number of nitriles is 1. The second-order valence-corrected chi connectivity index (χ2v) is 5.44. The van der Waals surface area contributed by atoms with Crippen molar-refractivity contribution in [3.05, 3.63) is 42.5 Å². The summed E-state index contributed by atoms with van der Waals surface area (Å²) in [6, 6.07) is 9.91. The zero-order chi connectivity index (χ0) is 15.2. The van der Waals surface area contributed by atoms with Gasteiger partial charge in [0.05, 0.1) is 18.2 Å². The Morgan fingerprint density at radius 1 is 1.41 bits per heavy atom. The average Bonchev–Trinajstić information content (AvgIpc) is 3.21. The van der Waals surface area contributed by atoms with Crippen LogP contribution in [-0.2, 0) is 6.54 Å². The van der Waals surface area contributed by atoms with E-state index in [2.05, 4.69) is 21.1 Å². The molecular formula is C16H19N5O. The molecule has 1 aromatic heterocycles. The van der Waals surface area contributed by atoms with E-state index in [1.807, 2.05) is 16.8 Å². The molecule has 114 valence electrons. The molecule has 0 spiro atoms. The van der Waals surface area contributed by atoms with E-state index in [9.17, 15) is 0 Å². The lowest BCUT2D eigenvalue weighted by atomic mass is 10.2. The maximum Gasteiger partial charge on any atom is 0.137 e. The smallest absolute Gasteiger partial charge is 0.137 e. The number of rotatable bonds is 6. The number of nitrogens with zero attached hydrogens (tertiary/aromatic N) is 5. The van der Waals surface area contributed by atoms with Crippen molar-refractivity contribution in [1.29, 1.82) is 5.26 Å². The van der Waals surface area contributed by atoms with E-state index < -0.39 is 0 Å². The van der Waals surface area contributed by atoms with Gasteiger partial charge in [-0.15, -0.1) is 0 Å². The average molecular weight is 297 g/mol. The van der Waals surface area contributed by atoms with Gasteiger partial charge in [-0.3, -0.25) is 9.58 Å². The van der Waals surface area contributed by atoms with Crippen LogP contribution in [0.4, 0.5) is 0 Å². The van der Waals surface area contributed by atoms with Gasteiger partial charge in [-0.1, -0.05) is 6.07 Å². The van der Waals surface area contributed by atoms with Crippen molar-refractivity contribution in [2.45, 2.75) is 25.4 Å². The van der Waals surface area contributed by atoms with E-state index in [0.29, 0.717) is 18.2 Å². The SMILES string of the molecule is N#Cc1cccc(OCCN2CCC[C@H]2Cn2cncn2)c1. The summed E-state index contributed by atoms with van der Waals surface area (Å²) < 4.78 is 7.66. The van der Waals surface area contributed by atoms with Gasteiger partial charge in [0.25, 0.3) is 0 Å². The highest BCUT2D eigenvalue weighted by Gasteiger charge is 2.24. The topological polar surface area (TPSA) is 67.0 Å². The summed E-state index contributed by atoms with van der Waals surface area (Å²) in [5.41, 5.74) is 0.628. The molecule has 1 aliphatic rings. The highest BCUT2D eigenvalue weighted by molar-refractivity contribution is 5.36. The van der Waals surface area contributed by atoms with Gasteiger partial charge in [-0.2, -0.15) is 10.4 Å². The van der Waals surface area contributed by atoms with Crippen molar-refractivity contribution < 1.29 is 4.74 Å². The molecule has 0 aliphatic carbocycles. The molecule has 6 nitrogen and oxygen atoms in total. The van der Waals surface area contributed by atoms with Gasteiger partial charge in [0.15, 0.2) is 0 Å². The normalized spacial score (nSPS) is 18.2.